The van der Waals surface area contributed by atoms with Crippen LogP contribution in [-0.2, 0) is 14.3 Å². The largest absolute Gasteiger partial charge is 0.449 e. The molecule has 1 amide bonds. The Labute approximate surface area is 203 Å². The molecule has 0 aromatic carbocycles. The molecule has 2 aliphatic rings. The van der Waals surface area contributed by atoms with Crippen molar-refractivity contribution in [1.29, 1.82) is 0 Å². The van der Waals surface area contributed by atoms with Gasteiger partial charge in [0.1, 0.15) is 5.65 Å². The number of ether oxygens (including phenoxy) is 2. The van der Waals surface area contributed by atoms with Crippen molar-refractivity contribution in [3.8, 4) is 11.3 Å². The highest BCUT2D eigenvalue weighted by Crippen LogP contribution is 2.32. The zero-order chi connectivity index (χ0) is 24.2. The molecule has 3 aromatic rings. The molecule has 5 heterocycles. The number of carbonyl (C=O) groups is 2. The quantitative estimate of drug-likeness (QED) is 0.510. The van der Waals surface area contributed by atoms with Gasteiger partial charge in [-0.1, -0.05) is 13.3 Å². The number of unbranched alkanes of at least 4 members (excludes halogenated alkanes) is 1. The molecule has 184 valence electrons. The average Bonchev–Trinajstić information content (AvgIpc) is 3.33. The van der Waals surface area contributed by atoms with E-state index < -0.39 is 6.09 Å². The number of amides is 1. The first-order valence-corrected chi connectivity index (χ1v) is 12.3. The third-order valence-corrected chi connectivity index (χ3v) is 6.60. The summed E-state index contributed by atoms with van der Waals surface area (Å²) in [6.45, 7) is 4.78. The lowest BCUT2D eigenvalue weighted by atomic mass is 9.96. The van der Waals surface area contributed by atoms with Gasteiger partial charge in [-0.2, -0.15) is 0 Å². The highest BCUT2D eigenvalue weighted by Gasteiger charge is 2.28. The maximum atomic E-state index is 12.8. The number of anilines is 2. The van der Waals surface area contributed by atoms with Gasteiger partial charge in [0.05, 0.1) is 25.0 Å². The molecule has 0 atom stereocenters. The number of rotatable bonds is 7. The van der Waals surface area contributed by atoms with E-state index in [4.69, 9.17) is 14.5 Å². The molecular formula is C25H30N6O4. The van der Waals surface area contributed by atoms with Crippen molar-refractivity contribution >= 4 is 34.7 Å². The Morgan fingerprint density at radius 2 is 2.11 bits per heavy atom. The fourth-order valence-electron chi connectivity index (χ4n) is 4.55. The van der Waals surface area contributed by atoms with E-state index in [1.807, 2.05) is 19.1 Å². The molecule has 10 nitrogen and oxygen atoms in total. The van der Waals surface area contributed by atoms with Crippen molar-refractivity contribution in [3.05, 3.63) is 30.7 Å². The first-order valence-electron chi connectivity index (χ1n) is 12.3. The van der Waals surface area contributed by atoms with Crippen LogP contribution < -0.4 is 10.2 Å². The topological polar surface area (TPSA) is 111 Å². The Morgan fingerprint density at radius 1 is 1.26 bits per heavy atom. The minimum Gasteiger partial charge on any atom is -0.449 e. The zero-order valence-corrected chi connectivity index (χ0v) is 19.9. The van der Waals surface area contributed by atoms with Crippen LogP contribution in [0.5, 0.6) is 0 Å². The van der Waals surface area contributed by atoms with Gasteiger partial charge in [-0.05, 0) is 43.7 Å². The maximum Gasteiger partial charge on any atom is 0.419 e. The summed E-state index contributed by atoms with van der Waals surface area (Å²) in [5, 5.41) is 3.84. The van der Waals surface area contributed by atoms with Crippen molar-refractivity contribution in [3.63, 3.8) is 0 Å². The standard InChI is InChI=1S/C25H30N6O4/c1-2-3-12-35-25(33)31-11-6-19-18(4-9-26-23(19)31)20-15-27-22-24(29-20)30(21(32)16-28-22)10-5-17-7-13-34-14-8-17/h4,6,9,11,15,17H,2-3,5,7-8,10,12-14,16H2,1H3,(H,27,28). The summed E-state index contributed by atoms with van der Waals surface area (Å²) in [6.07, 6.45) is 9.23. The first kappa shape index (κ1) is 23.2. The van der Waals surface area contributed by atoms with Gasteiger partial charge < -0.3 is 14.8 Å². The van der Waals surface area contributed by atoms with E-state index in [1.165, 1.54) is 4.57 Å². The molecule has 35 heavy (non-hydrogen) atoms. The Hall–Kier alpha value is -3.53. The Balaban J connectivity index is 1.43. The van der Waals surface area contributed by atoms with Gasteiger partial charge in [-0.3, -0.25) is 9.69 Å². The van der Waals surface area contributed by atoms with Crippen LogP contribution in [-0.4, -0.2) is 64.4 Å². The van der Waals surface area contributed by atoms with Crippen molar-refractivity contribution in [2.24, 2.45) is 5.92 Å². The number of hydrogen-bond acceptors (Lipinski definition) is 8. The second kappa shape index (κ2) is 10.4. The van der Waals surface area contributed by atoms with Crippen LogP contribution in [0.15, 0.2) is 30.7 Å². The summed E-state index contributed by atoms with van der Waals surface area (Å²) in [4.78, 5) is 40.9. The number of pyridine rings is 1. The Kier molecular flexibility index (Phi) is 6.89. The van der Waals surface area contributed by atoms with Gasteiger partial charge >= 0.3 is 6.09 Å². The Morgan fingerprint density at radius 3 is 2.94 bits per heavy atom. The summed E-state index contributed by atoms with van der Waals surface area (Å²) in [7, 11) is 0. The van der Waals surface area contributed by atoms with Gasteiger partial charge in [-0.25, -0.2) is 24.3 Å². The van der Waals surface area contributed by atoms with Gasteiger partial charge in [0, 0.05) is 43.1 Å². The first-order chi connectivity index (χ1) is 17.2. The number of nitrogens with zero attached hydrogens (tertiary/aromatic N) is 5. The van der Waals surface area contributed by atoms with Crippen LogP contribution in [0.3, 0.4) is 0 Å². The average molecular weight is 479 g/mol. The predicted molar refractivity (Wildman–Crippen MR) is 131 cm³/mol. The number of aromatic nitrogens is 4. The second-order valence-corrected chi connectivity index (χ2v) is 8.92. The van der Waals surface area contributed by atoms with Crippen LogP contribution in [0.4, 0.5) is 16.4 Å². The van der Waals surface area contributed by atoms with E-state index in [1.54, 1.807) is 23.5 Å². The van der Waals surface area contributed by atoms with E-state index in [9.17, 15) is 9.59 Å². The molecule has 0 radical (unpaired) electrons. The summed E-state index contributed by atoms with van der Waals surface area (Å²) < 4.78 is 12.2. The SMILES string of the molecule is CCCCOC(=O)n1ccc2c(-c3cnc4c(n3)N(CCC3CCOCC3)C(=O)CN4)ccnc21. The summed E-state index contributed by atoms with van der Waals surface area (Å²) in [5.41, 5.74) is 1.89. The smallest absolute Gasteiger partial charge is 0.419 e. The normalized spacial score (nSPS) is 16.3. The molecule has 1 saturated heterocycles. The van der Waals surface area contributed by atoms with Crippen molar-refractivity contribution in [1.82, 2.24) is 19.5 Å². The predicted octanol–water partition coefficient (Wildman–Crippen LogP) is 3.85. The monoisotopic (exact) mass is 478 g/mol. The molecule has 1 N–H and O–H groups in total. The van der Waals surface area contributed by atoms with Crippen molar-refractivity contribution in [2.45, 2.75) is 39.0 Å². The van der Waals surface area contributed by atoms with E-state index in [2.05, 4.69) is 15.3 Å². The van der Waals surface area contributed by atoms with Crippen LogP contribution in [0.1, 0.15) is 39.0 Å². The van der Waals surface area contributed by atoms with Crippen molar-refractivity contribution < 1.29 is 19.1 Å². The van der Waals surface area contributed by atoms with E-state index >= 15 is 0 Å². The zero-order valence-electron chi connectivity index (χ0n) is 19.9. The third-order valence-electron chi connectivity index (χ3n) is 6.60. The van der Waals surface area contributed by atoms with Gasteiger partial charge in [0.25, 0.3) is 0 Å². The van der Waals surface area contributed by atoms with Crippen molar-refractivity contribution in [2.75, 3.05) is 43.1 Å². The van der Waals surface area contributed by atoms with E-state index in [0.29, 0.717) is 42.0 Å². The van der Waals surface area contributed by atoms with E-state index in [-0.39, 0.29) is 12.5 Å². The molecule has 0 unspecified atom stereocenters. The molecule has 0 bridgehead atoms. The molecule has 1 fully saturated rings. The highest BCUT2D eigenvalue weighted by molar-refractivity contribution is 6.01. The molecule has 3 aromatic heterocycles. The number of carbonyl (C=O) groups excluding carboxylic acids is 2. The lowest BCUT2D eigenvalue weighted by molar-refractivity contribution is -0.117. The summed E-state index contributed by atoms with van der Waals surface area (Å²) in [5.74, 6) is 1.66. The summed E-state index contributed by atoms with van der Waals surface area (Å²) >= 11 is 0. The van der Waals surface area contributed by atoms with Crippen LogP contribution in [0.2, 0.25) is 0 Å². The number of nitrogens with one attached hydrogen (secondary N) is 1. The lowest BCUT2D eigenvalue weighted by Crippen LogP contribution is -2.42. The van der Waals surface area contributed by atoms with Gasteiger partial charge in [0.2, 0.25) is 5.91 Å². The molecule has 0 saturated carbocycles. The molecule has 2 aliphatic heterocycles. The van der Waals surface area contributed by atoms with Crippen LogP contribution in [0, 0.1) is 5.92 Å². The fraction of sp³-hybridized carbons (Fsp3) is 0.480. The summed E-state index contributed by atoms with van der Waals surface area (Å²) in [6, 6.07) is 3.67. The lowest BCUT2D eigenvalue weighted by Gasteiger charge is -2.30. The molecule has 10 heteroatoms. The fourth-order valence-corrected chi connectivity index (χ4v) is 4.55. The van der Waals surface area contributed by atoms with Gasteiger partial charge in [0.15, 0.2) is 11.6 Å². The third kappa shape index (κ3) is 4.84. The van der Waals surface area contributed by atoms with Crippen LogP contribution in [0.25, 0.3) is 22.3 Å². The molecule has 5 rings (SSSR count). The van der Waals surface area contributed by atoms with Gasteiger partial charge in [-0.15, -0.1) is 0 Å². The molecule has 0 spiro atoms. The molecular weight excluding hydrogens is 448 g/mol. The highest BCUT2D eigenvalue weighted by atomic mass is 16.5. The number of fused-ring (bicyclic) bond motifs is 2. The molecule has 0 aliphatic carbocycles. The second-order valence-electron chi connectivity index (χ2n) is 8.92. The maximum absolute atomic E-state index is 12.8. The van der Waals surface area contributed by atoms with Crippen LogP contribution >= 0.6 is 0 Å². The van der Waals surface area contributed by atoms with E-state index in [0.717, 1.165) is 56.3 Å². The Bertz CT molecular complexity index is 1220. The minimum absolute atomic E-state index is 0.0168. The number of hydrogen-bond donors (Lipinski definition) is 1. The minimum atomic E-state index is -0.455.